The van der Waals surface area contributed by atoms with Crippen LogP contribution in [0.2, 0.25) is 0 Å². The second-order valence-corrected chi connectivity index (χ2v) is 6.14. The van der Waals surface area contributed by atoms with Crippen LogP contribution in [0, 0.1) is 27.7 Å². The van der Waals surface area contributed by atoms with Gasteiger partial charge in [0, 0.05) is 18.3 Å². The molecule has 0 saturated heterocycles. The van der Waals surface area contributed by atoms with Gasteiger partial charge in [0.05, 0.1) is 0 Å². The summed E-state index contributed by atoms with van der Waals surface area (Å²) in [5, 5.41) is 2.93. The number of aryl methyl sites for hydroxylation is 3. The van der Waals surface area contributed by atoms with Crippen molar-refractivity contribution < 1.29 is 9.59 Å². The van der Waals surface area contributed by atoms with E-state index in [1.807, 2.05) is 64.1 Å². The molecule has 0 aliphatic heterocycles. The average Bonchev–Trinajstić information content (AvgIpc) is 2.51. The third-order valence-corrected chi connectivity index (χ3v) is 4.29. The molecule has 0 fully saturated rings. The molecule has 2 rings (SSSR count). The average molecular weight is 324 g/mol. The van der Waals surface area contributed by atoms with E-state index in [4.69, 9.17) is 0 Å². The second-order valence-electron chi connectivity index (χ2n) is 6.14. The normalized spacial score (nSPS) is 10.4. The molecule has 4 nitrogen and oxygen atoms in total. The summed E-state index contributed by atoms with van der Waals surface area (Å²) >= 11 is 0. The number of amides is 2. The Kier molecular flexibility index (Phi) is 5.39. The molecule has 0 saturated carbocycles. The number of nitrogens with one attached hydrogen (secondary N) is 1. The van der Waals surface area contributed by atoms with Crippen LogP contribution in [0.25, 0.3) is 0 Å². The first kappa shape index (κ1) is 17.7. The van der Waals surface area contributed by atoms with Crippen molar-refractivity contribution in [3.05, 3.63) is 58.7 Å². The van der Waals surface area contributed by atoms with Gasteiger partial charge in [0.1, 0.15) is 6.54 Å². The summed E-state index contributed by atoms with van der Waals surface area (Å²) in [6.07, 6.45) is 0. The van der Waals surface area contributed by atoms with E-state index in [0.29, 0.717) is 0 Å². The highest BCUT2D eigenvalue weighted by Gasteiger charge is 2.19. The van der Waals surface area contributed by atoms with Crippen LogP contribution in [0.1, 0.15) is 29.2 Å². The number of para-hydroxylation sites is 1. The number of anilines is 2. The molecule has 0 aromatic heterocycles. The van der Waals surface area contributed by atoms with Crippen molar-refractivity contribution in [2.45, 2.75) is 34.6 Å². The zero-order chi connectivity index (χ0) is 17.9. The van der Waals surface area contributed by atoms with Crippen LogP contribution in [0.5, 0.6) is 0 Å². The number of hydrogen-bond acceptors (Lipinski definition) is 2. The zero-order valence-corrected chi connectivity index (χ0v) is 14.9. The smallest absolute Gasteiger partial charge is 0.244 e. The van der Waals surface area contributed by atoms with Crippen molar-refractivity contribution >= 4 is 23.2 Å². The molecule has 0 radical (unpaired) electrons. The molecule has 2 aromatic carbocycles. The van der Waals surface area contributed by atoms with E-state index in [1.54, 1.807) is 0 Å². The SMILES string of the molecule is CC(=O)N(CC(=O)Nc1c(C)cccc1C)c1cccc(C)c1C. The van der Waals surface area contributed by atoms with Gasteiger partial charge >= 0.3 is 0 Å². The maximum absolute atomic E-state index is 12.5. The van der Waals surface area contributed by atoms with E-state index < -0.39 is 0 Å². The minimum Gasteiger partial charge on any atom is -0.324 e. The third kappa shape index (κ3) is 3.82. The molecular weight excluding hydrogens is 300 g/mol. The lowest BCUT2D eigenvalue weighted by molar-refractivity contribution is -0.120. The Bertz CT molecular complexity index is 761. The van der Waals surface area contributed by atoms with Crippen LogP contribution in [0.4, 0.5) is 11.4 Å². The van der Waals surface area contributed by atoms with Crippen molar-refractivity contribution in [2.24, 2.45) is 0 Å². The Morgan fingerprint density at radius 2 is 1.46 bits per heavy atom. The number of rotatable bonds is 4. The van der Waals surface area contributed by atoms with E-state index in [0.717, 1.165) is 33.6 Å². The molecule has 0 atom stereocenters. The highest BCUT2D eigenvalue weighted by Crippen LogP contribution is 2.24. The predicted molar refractivity (Wildman–Crippen MR) is 98.5 cm³/mol. The van der Waals surface area contributed by atoms with Gasteiger partial charge in [0.15, 0.2) is 0 Å². The Hall–Kier alpha value is -2.62. The van der Waals surface area contributed by atoms with Crippen LogP contribution < -0.4 is 10.2 Å². The molecule has 0 aliphatic rings. The zero-order valence-electron chi connectivity index (χ0n) is 14.9. The van der Waals surface area contributed by atoms with Crippen LogP contribution >= 0.6 is 0 Å². The van der Waals surface area contributed by atoms with Crippen LogP contribution in [-0.4, -0.2) is 18.4 Å². The number of benzene rings is 2. The lowest BCUT2D eigenvalue weighted by atomic mass is 10.1. The van der Waals surface area contributed by atoms with Gasteiger partial charge in [-0.25, -0.2) is 0 Å². The summed E-state index contributed by atoms with van der Waals surface area (Å²) in [4.78, 5) is 26.1. The molecule has 0 aliphatic carbocycles. The summed E-state index contributed by atoms with van der Waals surface area (Å²) in [5.74, 6) is -0.358. The summed E-state index contributed by atoms with van der Waals surface area (Å²) in [6, 6.07) is 11.6. The van der Waals surface area contributed by atoms with Gasteiger partial charge in [-0.3, -0.25) is 9.59 Å². The van der Waals surface area contributed by atoms with Crippen molar-refractivity contribution in [3.63, 3.8) is 0 Å². The quantitative estimate of drug-likeness (QED) is 0.927. The number of carbonyl (C=O) groups is 2. The highest BCUT2D eigenvalue weighted by atomic mass is 16.2. The fourth-order valence-corrected chi connectivity index (χ4v) is 2.73. The highest BCUT2D eigenvalue weighted by molar-refractivity contribution is 6.02. The predicted octanol–water partition coefficient (Wildman–Crippen LogP) is 3.91. The van der Waals surface area contributed by atoms with Crippen molar-refractivity contribution in [1.29, 1.82) is 0 Å². The third-order valence-electron chi connectivity index (χ3n) is 4.29. The lowest BCUT2D eigenvalue weighted by Gasteiger charge is -2.24. The van der Waals surface area contributed by atoms with Crippen molar-refractivity contribution in [3.8, 4) is 0 Å². The van der Waals surface area contributed by atoms with E-state index in [-0.39, 0.29) is 18.4 Å². The first-order valence-electron chi connectivity index (χ1n) is 8.01. The number of carbonyl (C=O) groups excluding carboxylic acids is 2. The largest absolute Gasteiger partial charge is 0.324 e. The molecule has 0 bridgehead atoms. The summed E-state index contributed by atoms with van der Waals surface area (Å²) < 4.78 is 0. The van der Waals surface area contributed by atoms with Gasteiger partial charge in [-0.05, 0) is 56.0 Å². The van der Waals surface area contributed by atoms with Crippen molar-refractivity contribution in [1.82, 2.24) is 0 Å². The monoisotopic (exact) mass is 324 g/mol. The maximum atomic E-state index is 12.5. The molecular formula is C20H24N2O2. The van der Waals surface area contributed by atoms with Crippen LogP contribution in [-0.2, 0) is 9.59 Å². The summed E-state index contributed by atoms with van der Waals surface area (Å²) in [5.41, 5.74) is 5.70. The number of nitrogens with zero attached hydrogens (tertiary/aromatic N) is 1. The fraction of sp³-hybridized carbons (Fsp3) is 0.300. The van der Waals surface area contributed by atoms with Crippen LogP contribution in [0.3, 0.4) is 0 Å². The van der Waals surface area contributed by atoms with Gasteiger partial charge in [-0.1, -0.05) is 30.3 Å². The molecule has 24 heavy (non-hydrogen) atoms. The minimum atomic E-state index is -0.205. The van der Waals surface area contributed by atoms with Gasteiger partial charge < -0.3 is 10.2 Å². The first-order valence-corrected chi connectivity index (χ1v) is 8.01. The van der Waals surface area contributed by atoms with Gasteiger partial charge in [0.25, 0.3) is 0 Å². The van der Waals surface area contributed by atoms with Crippen molar-refractivity contribution in [2.75, 3.05) is 16.8 Å². The topological polar surface area (TPSA) is 49.4 Å². The second kappa shape index (κ2) is 7.30. The standard InChI is InChI=1S/C20H24N2O2/c1-13-8-7-11-18(16(13)4)22(17(5)23)12-19(24)21-20-14(2)9-6-10-15(20)3/h6-11H,12H2,1-5H3,(H,21,24). The van der Waals surface area contributed by atoms with E-state index in [9.17, 15) is 9.59 Å². The Labute approximate surface area is 143 Å². The maximum Gasteiger partial charge on any atom is 0.244 e. The molecule has 0 spiro atoms. The molecule has 126 valence electrons. The summed E-state index contributed by atoms with van der Waals surface area (Å²) in [6.45, 7) is 9.34. The molecule has 2 aromatic rings. The molecule has 0 heterocycles. The van der Waals surface area contributed by atoms with E-state index in [2.05, 4.69) is 5.32 Å². The minimum absolute atomic E-state index is 0.00655. The van der Waals surface area contributed by atoms with E-state index >= 15 is 0 Å². The summed E-state index contributed by atoms with van der Waals surface area (Å²) in [7, 11) is 0. The molecule has 2 amide bonds. The van der Waals surface area contributed by atoms with Gasteiger partial charge in [-0.15, -0.1) is 0 Å². The number of hydrogen-bond donors (Lipinski definition) is 1. The van der Waals surface area contributed by atoms with Gasteiger partial charge in [-0.2, -0.15) is 0 Å². The van der Waals surface area contributed by atoms with Crippen LogP contribution in [0.15, 0.2) is 36.4 Å². The molecule has 4 heteroatoms. The Morgan fingerprint density at radius 3 is 2.04 bits per heavy atom. The Morgan fingerprint density at radius 1 is 0.917 bits per heavy atom. The first-order chi connectivity index (χ1) is 11.3. The Balaban J connectivity index is 2.24. The molecule has 1 N–H and O–H groups in total. The fourth-order valence-electron chi connectivity index (χ4n) is 2.73. The molecule has 0 unspecified atom stereocenters. The lowest BCUT2D eigenvalue weighted by Crippen LogP contribution is -2.37. The van der Waals surface area contributed by atoms with Gasteiger partial charge in [0.2, 0.25) is 11.8 Å². The van der Waals surface area contributed by atoms with E-state index in [1.165, 1.54) is 11.8 Å².